The molecule has 1 fully saturated rings. The van der Waals surface area contributed by atoms with Crippen molar-refractivity contribution in [1.82, 2.24) is 14.7 Å². The van der Waals surface area contributed by atoms with E-state index < -0.39 is 4.92 Å². The number of nitrogens with zero attached hydrogens (tertiary/aromatic N) is 4. The highest BCUT2D eigenvalue weighted by molar-refractivity contribution is 7.10. The molecule has 36 heavy (non-hydrogen) atoms. The van der Waals surface area contributed by atoms with Crippen molar-refractivity contribution in [2.24, 2.45) is 0 Å². The van der Waals surface area contributed by atoms with Gasteiger partial charge in [-0.1, -0.05) is 30.3 Å². The number of nitro benzene ring substituents is 1. The lowest BCUT2D eigenvalue weighted by molar-refractivity contribution is -0.384. The molecule has 2 aliphatic rings. The van der Waals surface area contributed by atoms with Crippen LogP contribution >= 0.6 is 11.3 Å². The van der Waals surface area contributed by atoms with Crippen LogP contribution in [0.1, 0.15) is 38.8 Å². The maximum Gasteiger partial charge on any atom is 0.269 e. The van der Waals surface area contributed by atoms with Gasteiger partial charge in [0.15, 0.2) is 0 Å². The van der Waals surface area contributed by atoms with Crippen molar-refractivity contribution in [2.45, 2.75) is 18.9 Å². The third-order valence-corrected chi connectivity index (χ3v) is 8.04. The van der Waals surface area contributed by atoms with E-state index in [1.54, 1.807) is 4.90 Å². The Kier molecular flexibility index (Phi) is 7.11. The second kappa shape index (κ2) is 10.6. The number of nitro groups is 1. The predicted molar refractivity (Wildman–Crippen MR) is 138 cm³/mol. The molecule has 2 amide bonds. The molecule has 5 rings (SSSR count). The van der Waals surface area contributed by atoms with Crippen molar-refractivity contribution in [1.29, 1.82) is 0 Å². The highest BCUT2D eigenvalue weighted by Gasteiger charge is 2.31. The van der Waals surface area contributed by atoms with Crippen molar-refractivity contribution >= 4 is 28.8 Å². The Hall–Kier alpha value is -3.56. The molecule has 1 aromatic heterocycles. The molecule has 0 bridgehead atoms. The fourth-order valence-electron chi connectivity index (χ4n) is 5.10. The van der Waals surface area contributed by atoms with Gasteiger partial charge in [0.2, 0.25) is 5.91 Å². The van der Waals surface area contributed by atoms with Gasteiger partial charge in [-0.15, -0.1) is 11.3 Å². The van der Waals surface area contributed by atoms with Gasteiger partial charge in [0, 0.05) is 68.3 Å². The second-order valence-corrected chi connectivity index (χ2v) is 10.1. The maximum atomic E-state index is 13.1. The summed E-state index contributed by atoms with van der Waals surface area (Å²) in [5.74, 6) is -0.0528. The zero-order valence-electron chi connectivity index (χ0n) is 19.9. The van der Waals surface area contributed by atoms with Gasteiger partial charge in [-0.2, -0.15) is 0 Å². The number of amides is 2. The summed E-state index contributed by atoms with van der Waals surface area (Å²) in [4.78, 5) is 43.6. The predicted octanol–water partition coefficient (Wildman–Crippen LogP) is 3.98. The van der Waals surface area contributed by atoms with E-state index in [0.29, 0.717) is 44.7 Å². The van der Waals surface area contributed by atoms with Crippen LogP contribution in [-0.2, 0) is 11.2 Å². The number of carbonyl (C=O) groups excluding carboxylic acids is 2. The molecule has 0 saturated carbocycles. The molecule has 2 aromatic carbocycles. The van der Waals surface area contributed by atoms with Gasteiger partial charge in [-0.05, 0) is 41.1 Å². The minimum Gasteiger partial charge on any atom is -0.339 e. The molecule has 0 unspecified atom stereocenters. The van der Waals surface area contributed by atoms with Crippen molar-refractivity contribution in [2.75, 3.05) is 39.3 Å². The zero-order chi connectivity index (χ0) is 25.1. The van der Waals surface area contributed by atoms with Gasteiger partial charge in [0.1, 0.15) is 0 Å². The quantitative estimate of drug-likeness (QED) is 0.374. The summed E-state index contributed by atoms with van der Waals surface area (Å²) in [6.45, 7) is 3.52. The number of non-ortho nitro benzene ring substituents is 1. The summed E-state index contributed by atoms with van der Waals surface area (Å²) in [5.41, 5.74) is 2.98. The van der Waals surface area contributed by atoms with E-state index in [1.165, 1.54) is 40.3 Å². The lowest BCUT2D eigenvalue weighted by Crippen LogP contribution is -2.51. The Bertz CT molecular complexity index is 1240. The Labute approximate surface area is 213 Å². The number of hydrogen-bond donors (Lipinski definition) is 0. The van der Waals surface area contributed by atoms with E-state index in [9.17, 15) is 19.7 Å². The highest BCUT2D eigenvalue weighted by Crippen LogP contribution is 2.37. The topological polar surface area (TPSA) is 87.0 Å². The first-order chi connectivity index (χ1) is 17.5. The lowest BCUT2D eigenvalue weighted by Gasteiger charge is -2.38. The average Bonchev–Trinajstić information content (AvgIpc) is 3.40. The van der Waals surface area contributed by atoms with E-state index in [2.05, 4.69) is 40.6 Å². The lowest BCUT2D eigenvalue weighted by atomic mass is 9.93. The van der Waals surface area contributed by atoms with E-state index in [1.807, 2.05) is 22.3 Å². The summed E-state index contributed by atoms with van der Waals surface area (Å²) < 4.78 is 0. The van der Waals surface area contributed by atoms with Crippen LogP contribution in [-0.4, -0.2) is 70.7 Å². The third kappa shape index (κ3) is 5.03. The molecule has 186 valence electrons. The van der Waals surface area contributed by atoms with Crippen LogP contribution < -0.4 is 0 Å². The summed E-state index contributed by atoms with van der Waals surface area (Å²) in [6.07, 6.45) is 1.45. The Morgan fingerprint density at radius 2 is 1.61 bits per heavy atom. The molecule has 0 spiro atoms. The SMILES string of the molecule is O=C(CCN1CCc2sccc2[C@H]1c1ccccc1)N1CCN(C(=O)c2ccc([N+](=O)[O-])cc2)CC1. The van der Waals surface area contributed by atoms with Crippen LogP contribution in [0.15, 0.2) is 66.0 Å². The fraction of sp³-hybridized carbons (Fsp3) is 0.333. The number of benzene rings is 2. The summed E-state index contributed by atoms with van der Waals surface area (Å²) >= 11 is 1.81. The molecule has 0 radical (unpaired) electrons. The first-order valence-corrected chi connectivity index (χ1v) is 13.1. The molecule has 2 aliphatic heterocycles. The summed E-state index contributed by atoms with van der Waals surface area (Å²) in [7, 11) is 0. The monoisotopic (exact) mass is 504 g/mol. The van der Waals surface area contributed by atoms with Crippen LogP contribution in [0.3, 0.4) is 0 Å². The van der Waals surface area contributed by atoms with Gasteiger partial charge in [-0.3, -0.25) is 24.6 Å². The van der Waals surface area contributed by atoms with Crippen molar-refractivity contribution in [3.05, 3.63) is 97.7 Å². The maximum absolute atomic E-state index is 13.1. The van der Waals surface area contributed by atoms with Gasteiger partial charge >= 0.3 is 0 Å². The summed E-state index contributed by atoms with van der Waals surface area (Å²) in [5, 5.41) is 13.0. The molecule has 8 nitrogen and oxygen atoms in total. The summed E-state index contributed by atoms with van der Waals surface area (Å²) in [6, 6.07) is 18.5. The van der Waals surface area contributed by atoms with Crippen molar-refractivity contribution in [3.63, 3.8) is 0 Å². The number of piperazine rings is 1. The Balaban J connectivity index is 1.16. The van der Waals surface area contributed by atoms with Crippen LogP contribution in [0.5, 0.6) is 0 Å². The van der Waals surface area contributed by atoms with E-state index in [-0.39, 0.29) is 23.5 Å². The number of carbonyl (C=O) groups is 2. The minimum absolute atomic E-state index is 0.0413. The van der Waals surface area contributed by atoms with E-state index >= 15 is 0 Å². The van der Waals surface area contributed by atoms with Crippen LogP contribution in [0, 0.1) is 10.1 Å². The first kappa shape index (κ1) is 24.1. The molecule has 1 saturated heterocycles. The number of fused-ring (bicyclic) bond motifs is 1. The number of hydrogen-bond acceptors (Lipinski definition) is 6. The zero-order valence-corrected chi connectivity index (χ0v) is 20.7. The third-order valence-electron chi connectivity index (χ3n) is 7.04. The van der Waals surface area contributed by atoms with Gasteiger partial charge in [0.25, 0.3) is 11.6 Å². The van der Waals surface area contributed by atoms with Crippen LogP contribution in [0.2, 0.25) is 0 Å². The average molecular weight is 505 g/mol. The molecule has 0 aliphatic carbocycles. The molecule has 1 atom stereocenters. The molecular formula is C27H28N4O4S. The van der Waals surface area contributed by atoms with Crippen LogP contribution in [0.4, 0.5) is 5.69 Å². The van der Waals surface area contributed by atoms with Gasteiger partial charge in [-0.25, -0.2) is 0 Å². The molecule has 3 aromatic rings. The number of rotatable bonds is 6. The van der Waals surface area contributed by atoms with E-state index in [4.69, 9.17) is 0 Å². The van der Waals surface area contributed by atoms with E-state index in [0.717, 1.165) is 13.0 Å². The van der Waals surface area contributed by atoms with Crippen molar-refractivity contribution in [3.8, 4) is 0 Å². The van der Waals surface area contributed by atoms with Crippen molar-refractivity contribution < 1.29 is 14.5 Å². The fourth-order valence-corrected chi connectivity index (χ4v) is 6.00. The Morgan fingerprint density at radius 1 is 0.917 bits per heavy atom. The molecule has 0 N–H and O–H groups in total. The number of thiophene rings is 1. The van der Waals surface area contributed by atoms with Crippen LogP contribution in [0.25, 0.3) is 0 Å². The molecular weight excluding hydrogens is 476 g/mol. The largest absolute Gasteiger partial charge is 0.339 e. The first-order valence-electron chi connectivity index (χ1n) is 12.2. The molecule has 9 heteroatoms. The van der Waals surface area contributed by atoms with Gasteiger partial charge < -0.3 is 9.80 Å². The smallest absolute Gasteiger partial charge is 0.269 e. The highest BCUT2D eigenvalue weighted by atomic mass is 32.1. The standard InChI is InChI=1S/C27H28N4O4S/c32-25(28-15-17-30(18-16-28)27(33)21-6-8-22(9-7-21)31(34)35)11-14-29-13-10-24-23(12-19-36-24)26(29)20-4-2-1-3-5-20/h1-9,12,19,26H,10-11,13-18H2/t26-/m1/s1. The Morgan fingerprint density at radius 3 is 2.31 bits per heavy atom. The minimum atomic E-state index is -0.482. The second-order valence-electron chi connectivity index (χ2n) is 9.13. The van der Waals surface area contributed by atoms with Gasteiger partial charge in [0.05, 0.1) is 11.0 Å². The molecule has 3 heterocycles. The normalized spacial score (nSPS) is 18.1.